The van der Waals surface area contributed by atoms with E-state index in [4.69, 9.17) is 5.11 Å². The first kappa shape index (κ1) is 29.4. The van der Waals surface area contributed by atoms with Crippen LogP contribution in [-0.4, -0.2) is 79.2 Å². The summed E-state index contributed by atoms with van der Waals surface area (Å²) in [7, 11) is -2.28. The summed E-state index contributed by atoms with van der Waals surface area (Å²) in [5.74, 6) is -0.702. The molecule has 40 heavy (non-hydrogen) atoms. The van der Waals surface area contributed by atoms with Gasteiger partial charge in [-0.25, -0.2) is 8.42 Å². The number of aliphatic hydroxyl groups excluding tert-OH is 1. The molecule has 4 rings (SSSR count). The molecule has 2 aromatic carbocycles. The maximum atomic E-state index is 13.1. The number of alkyl halides is 3. The number of carbonyl (C=O) groups is 2. The Morgan fingerprint density at radius 3 is 2.52 bits per heavy atom. The number of aliphatic imine (C=N–C) groups is 1. The number of hydrogen-bond acceptors (Lipinski definition) is 6. The summed E-state index contributed by atoms with van der Waals surface area (Å²) in [5, 5.41) is 12.7. The van der Waals surface area contributed by atoms with E-state index >= 15 is 0 Å². The van der Waals surface area contributed by atoms with Crippen molar-refractivity contribution in [2.24, 2.45) is 4.99 Å². The largest absolute Gasteiger partial charge is 0.416 e. The van der Waals surface area contributed by atoms with Gasteiger partial charge in [-0.05, 0) is 61.2 Å². The van der Waals surface area contributed by atoms with Crippen molar-refractivity contribution in [1.82, 2.24) is 14.5 Å². The Balaban J connectivity index is 1.45. The van der Waals surface area contributed by atoms with Gasteiger partial charge in [0, 0.05) is 43.2 Å². The van der Waals surface area contributed by atoms with E-state index in [0.29, 0.717) is 16.7 Å². The SMILES string of the molecule is Cc1cc(C(=O)N(C)CCO)ccc1/C=C/S(=O)(=O)N1CCC2(CC1)N=C(c1cccc(C(F)(F)F)c1)NC2=O. The molecular formula is C27H29F3N4O5S. The maximum Gasteiger partial charge on any atom is 0.416 e. The maximum absolute atomic E-state index is 13.1. The number of amides is 2. The highest BCUT2D eigenvalue weighted by Gasteiger charge is 2.47. The number of amidine groups is 1. The summed E-state index contributed by atoms with van der Waals surface area (Å²) in [6.45, 7) is 1.78. The van der Waals surface area contributed by atoms with Gasteiger partial charge in [0.25, 0.3) is 11.8 Å². The van der Waals surface area contributed by atoms with Gasteiger partial charge in [0.05, 0.1) is 12.2 Å². The fraction of sp³-hybridized carbons (Fsp3) is 0.370. The molecule has 0 bridgehead atoms. The quantitative estimate of drug-likeness (QED) is 0.524. The van der Waals surface area contributed by atoms with Crippen molar-refractivity contribution in [3.8, 4) is 0 Å². The van der Waals surface area contributed by atoms with Crippen LogP contribution in [0.5, 0.6) is 0 Å². The first-order valence-corrected chi connectivity index (χ1v) is 14.0. The third kappa shape index (κ3) is 6.11. The number of likely N-dealkylation sites (N-methyl/N-ethyl adjacent to an activating group) is 1. The molecule has 2 N–H and O–H groups in total. The molecule has 2 heterocycles. The molecule has 2 amide bonds. The number of sulfonamides is 1. The van der Waals surface area contributed by atoms with E-state index in [-0.39, 0.29) is 56.4 Å². The molecule has 0 radical (unpaired) electrons. The Bertz CT molecular complexity index is 1480. The lowest BCUT2D eigenvalue weighted by Crippen LogP contribution is -2.50. The molecule has 0 saturated carbocycles. The van der Waals surface area contributed by atoms with Crippen LogP contribution in [0, 0.1) is 6.92 Å². The zero-order chi connectivity index (χ0) is 29.3. The predicted molar refractivity (Wildman–Crippen MR) is 143 cm³/mol. The average molecular weight is 579 g/mol. The van der Waals surface area contributed by atoms with Crippen molar-refractivity contribution < 1.29 is 36.3 Å². The van der Waals surface area contributed by atoms with Crippen LogP contribution in [0.3, 0.4) is 0 Å². The van der Waals surface area contributed by atoms with Gasteiger partial charge in [-0.1, -0.05) is 18.2 Å². The highest BCUT2D eigenvalue weighted by atomic mass is 32.2. The summed E-state index contributed by atoms with van der Waals surface area (Å²) in [4.78, 5) is 31.0. The Kier molecular flexibility index (Phi) is 8.20. The Morgan fingerprint density at radius 2 is 1.90 bits per heavy atom. The highest BCUT2D eigenvalue weighted by Crippen LogP contribution is 2.34. The van der Waals surface area contributed by atoms with Crippen LogP contribution in [0.2, 0.25) is 0 Å². The number of aryl methyl sites for hydroxylation is 1. The van der Waals surface area contributed by atoms with Crippen molar-refractivity contribution in [3.05, 3.63) is 75.7 Å². The molecule has 2 aliphatic rings. The summed E-state index contributed by atoms with van der Waals surface area (Å²) < 4.78 is 66.6. The molecule has 0 aliphatic carbocycles. The van der Waals surface area contributed by atoms with E-state index in [0.717, 1.165) is 17.5 Å². The number of benzene rings is 2. The zero-order valence-electron chi connectivity index (χ0n) is 21.9. The second kappa shape index (κ2) is 11.1. The fourth-order valence-corrected chi connectivity index (χ4v) is 5.84. The molecule has 214 valence electrons. The fourth-order valence-electron chi connectivity index (χ4n) is 4.66. The standard InChI is InChI=1S/C27H29F3N4O5S/c1-18-16-21(24(36)33(2)13-14-35)7-6-19(18)8-15-40(38,39)34-11-9-26(10-12-34)25(37)31-23(32-26)20-4-3-5-22(17-20)27(28,29)30/h3-8,15-17,35H,9-14H2,1-2H3,(H,31,32,37)/b15-8+. The van der Waals surface area contributed by atoms with E-state index in [9.17, 15) is 31.2 Å². The molecule has 1 fully saturated rings. The van der Waals surface area contributed by atoms with Gasteiger partial charge in [-0.3, -0.25) is 14.6 Å². The third-order valence-electron chi connectivity index (χ3n) is 7.07. The molecule has 0 unspecified atom stereocenters. The topological polar surface area (TPSA) is 119 Å². The first-order chi connectivity index (χ1) is 18.8. The highest BCUT2D eigenvalue weighted by molar-refractivity contribution is 7.92. The molecule has 13 heteroatoms. The van der Waals surface area contributed by atoms with Crippen LogP contribution in [0.4, 0.5) is 13.2 Å². The Labute approximate surface area is 230 Å². The van der Waals surface area contributed by atoms with Gasteiger partial charge in [0.15, 0.2) is 0 Å². The van der Waals surface area contributed by atoms with E-state index < -0.39 is 33.2 Å². The third-order valence-corrected chi connectivity index (χ3v) is 8.64. The second-order valence-electron chi connectivity index (χ2n) is 9.79. The molecule has 1 saturated heterocycles. The number of hydrogen-bond donors (Lipinski definition) is 2. The van der Waals surface area contributed by atoms with E-state index in [1.807, 2.05) is 0 Å². The van der Waals surface area contributed by atoms with Crippen molar-refractivity contribution in [2.45, 2.75) is 31.5 Å². The van der Waals surface area contributed by atoms with Crippen LogP contribution >= 0.6 is 0 Å². The van der Waals surface area contributed by atoms with Gasteiger partial charge in [-0.15, -0.1) is 0 Å². The summed E-state index contributed by atoms with van der Waals surface area (Å²) >= 11 is 0. The smallest absolute Gasteiger partial charge is 0.395 e. The monoisotopic (exact) mass is 578 g/mol. The summed E-state index contributed by atoms with van der Waals surface area (Å²) in [5.41, 5.74) is -0.284. The minimum atomic E-state index is -4.54. The number of nitrogens with one attached hydrogen (secondary N) is 1. The number of piperidine rings is 1. The molecule has 0 atom stereocenters. The minimum absolute atomic E-state index is 0.00305. The summed E-state index contributed by atoms with van der Waals surface area (Å²) in [6, 6.07) is 9.38. The number of rotatable bonds is 7. The Hall–Kier alpha value is -3.55. The number of carbonyl (C=O) groups excluding carboxylic acids is 2. The predicted octanol–water partition coefficient (Wildman–Crippen LogP) is 2.79. The lowest BCUT2D eigenvalue weighted by atomic mass is 9.89. The lowest BCUT2D eigenvalue weighted by molar-refractivity contribution is -0.137. The molecule has 2 aromatic rings. The summed E-state index contributed by atoms with van der Waals surface area (Å²) in [6.07, 6.45) is -2.96. The van der Waals surface area contributed by atoms with Crippen molar-refractivity contribution in [1.29, 1.82) is 0 Å². The molecule has 0 aromatic heterocycles. The number of aliphatic hydroxyl groups is 1. The average Bonchev–Trinajstić information content (AvgIpc) is 3.22. The van der Waals surface area contributed by atoms with Crippen LogP contribution < -0.4 is 5.32 Å². The minimum Gasteiger partial charge on any atom is -0.395 e. The lowest BCUT2D eigenvalue weighted by Gasteiger charge is -2.34. The molecule has 2 aliphatic heterocycles. The molecule has 9 nitrogen and oxygen atoms in total. The Morgan fingerprint density at radius 1 is 1.20 bits per heavy atom. The van der Waals surface area contributed by atoms with Crippen LogP contribution in [0.1, 0.15) is 45.5 Å². The molecular weight excluding hydrogens is 549 g/mol. The van der Waals surface area contributed by atoms with Gasteiger partial charge in [0.2, 0.25) is 10.0 Å². The van der Waals surface area contributed by atoms with E-state index in [1.165, 1.54) is 27.4 Å². The number of nitrogens with zero attached hydrogens (tertiary/aromatic N) is 3. The molecule has 1 spiro atoms. The van der Waals surface area contributed by atoms with Gasteiger partial charge < -0.3 is 15.3 Å². The number of halogens is 3. The second-order valence-corrected chi connectivity index (χ2v) is 11.6. The van der Waals surface area contributed by atoms with Crippen LogP contribution in [0.15, 0.2) is 52.9 Å². The first-order valence-electron chi connectivity index (χ1n) is 12.5. The van der Waals surface area contributed by atoms with Gasteiger partial charge in [-0.2, -0.15) is 17.5 Å². The zero-order valence-corrected chi connectivity index (χ0v) is 22.7. The van der Waals surface area contributed by atoms with Gasteiger partial charge in [0.1, 0.15) is 11.4 Å². The van der Waals surface area contributed by atoms with Crippen molar-refractivity contribution in [2.75, 3.05) is 33.3 Å². The van der Waals surface area contributed by atoms with Crippen LogP contribution in [0.25, 0.3) is 6.08 Å². The van der Waals surface area contributed by atoms with Gasteiger partial charge >= 0.3 is 6.18 Å². The normalized spacial score (nSPS) is 17.8. The van der Waals surface area contributed by atoms with E-state index in [1.54, 1.807) is 32.2 Å². The van der Waals surface area contributed by atoms with Crippen molar-refractivity contribution in [3.63, 3.8) is 0 Å². The van der Waals surface area contributed by atoms with Crippen LogP contribution in [-0.2, 0) is 21.0 Å². The van der Waals surface area contributed by atoms with E-state index in [2.05, 4.69) is 10.3 Å². The van der Waals surface area contributed by atoms with Crippen molar-refractivity contribution >= 4 is 33.7 Å².